The summed E-state index contributed by atoms with van der Waals surface area (Å²) in [6.45, 7) is 5.00. The number of hydrogen-bond acceptors (Lipinski definition) is 4. The van der Waals surface area contributed by atoms with Crippen LogP contribution in [0.2, 0.25) is 0 Å². The average Bonchev–Trinajstić information content (AvgIpc) is 2.66. The molecule has 0 radical (unpaired) electrons. The lowest BCUT2D eigenvalue weighted by molar-refractivity contribution is 0.444. The number of aryl methyl sites for hydroxylation is 1. The molecule has 0 unspecified atom stereocenters. The molecule has 98 valence electrons. The molecule has 0 aliphatic rings. The van der Waals surface area contributed by atoms with Gasteiger partial charge in [0, 0.05) is 13.6 Å². The van der Waals surface area contributed by atoms with Gasteiger partial charge in [-0.25, -0.2) is 8.42 Å². The second-order valence-electron chi connectivity index (χ2n) is 4.01. The first-order chi connectivity index (χ1) is 8.01. The Hall–Kier alpha value is -0.950. The second-order valence-corrected chi connectivity index (χ2v) is 6.21. The lowest BCUT2D eigenvalue weighted by Gasteiger charge is -2.16. The van der Waals surface area contributed by atoms with Gasteiger partial charge in [0.05, 0.1) is 12.3 Å². The fraction of sp³-hybridized carbons (Fsp3) is 0.800. The topological polar surface area (TPSA) is 68.1 Å². The SMILES string of the molecule is CCCn1cnnc1CN(C)S(=O)(=O)CCC. The maximum absolute atomic E-state index is 11.8. The zero-order valence-corrected chi connectivity index (χ0v) is 11.4. The van der Waals surface area contributed by atoms with E-state index in [1.165, 1.54) is 4.31 Å². The molecule has 1 aromatic rings. The molecule has 17 heavy (non-hydrogen) atoms. The first-order valence-electron chi connectivity index (χ1n) is 5.82. The van der Waals surface area contributed by atoms with Crippen molar-refractivity contribution >= 4 is 10.0 Å². The van der Waals surface area contributed by atoms with Crippen molar-refractivity contribution in [2.75, 3.05) is 12.8 Å². The lowest BCUT2D eigenvalue weighted by Crippen LogP contribution is -2.29. The van der Waals surface area contributed by atoms with Crippen LogP contribution in [-0.2, 0) is 23.1 Å². The summed E-state index contributed by atoms with van der Waals surface area (Å²) in [5.74, 6) is 0.861. The van der Waals surface area contributed by atoms with Crippen molar-refractivity contribution in [2.24, 2.45) is 0 Å². The summed E-state index contributed by atoms with van der Waals surface area (Å²) in [5.41, 5.74) is 0. The fourth-order valence-corrected chi connectivity index (χ4v) is 2.68. The molecule has 1 aromatic heterocycles. The quantitative estimate of drug-likeness (QED) is 0.729. The largest absolute Gasteiger partial charge is 0.316 e. The highest BCUT2D eigenvalue weighted by Gasteiger charge is 2.18. The van der Waals surface area contributed by atoms with Gasteiger partial charge in [-0.15, -0.1) is 10.2 Å². The van der Waals surface area contributed by atoms with Gasteiger partial charge in [-0.2, -0.15) is 4.31 Å². The molecule has 6 nitrogen and oxygen atoms in total. The van der Waals surface area contributed by atoms with Crippen LogP contribution in [0, 0.1) is 0 Å². The van der Waals surface area contributed by atoms with Crippen LogP contribution >= 0.6 is 0 Å². The van der Waals surface area contributed by atoms with Gasteiger partial charge in [0.15, 0.2) is 0 Å². The van der Waals surface area contributed by atoms with Gasteiger partial charge in [-0.1, -0.05) is 13.8 Å². The molecule has 0 fully saturated rings. The van der Waals surface area contributed by atoms with Crippen molar-refractivity contribution in [1.82, 2.24) is 19.1 Å². The Labute approximate surface area is 103 Å². The Kier molecular flexibility index (Phi) is 5.07. The van der Waals surface area contributed by atoms with E-state index in [0.29, 0.717) is 12.2 Å². The van der Waals surface area contributed by atoms with Crippen LogP contribution in [0.1, 0.15) is 32.5 Å². The summed E-state index contributed by atoms with van der Waals surface area (Å²) >= 11 is 0. The Morgan fingerprint density at radius 3 is 2.65 bits per heavy atom. The van der Waals surface area contributed by atoms with E-state index in [1.54, 1.807) is 13.4 Å². The first-order valence-corrected chi connectivity index (χ1v) is 7.42. The van der Waals surface area contributed by atoms with Crippen LogP contribution in [0.15, 0.2) is 6.33 Å². The Balaban J connectivity index is 2.74. The highest BCUT2D eigenvalue weighted by Crippen LogP contribution is 2.07. The van der Waals surface area contributed by atoms with E-state index in [2.05, 4.69) is 17.1 Å². The molecule has 0 amide bonds. The summed E-state index contributed by atoms with van der Waals surface area (Å²) in [6, 6.07) is 0. The molecule has 0 N–H and O–H groups in total. The van der Waals surface area contributed by atoms with Gasteiger partial charge in [0.25, 0.3) is 0 Å². The Bertz CT molecular complexity index is 441. The summed E-state index contributed by atoms with van der Waals surface area (Å²) in [5, 5.41) is 7.77. The third kappa shape index (κ3) is 3.78. The van der Waals surface area contributed by atoms with Gasteiger partial charge in [0.1, 0.15) is 12.2 Å². The molecule has 1 heterocycles. The van der Waals surface area contributed by atoms with Crippen molar-refractivity contribution < 1.29 is 8.42 Å². The highest BCUT2D eigenvalue weighted by molar-refractivity contribution is 7.89. The van der Waals surface area contributed by atoms with E-state index < -0.39 is 10.0 Å². The van der Waals surface area contributed by atoms with Crippen LogP contribution in [0.5, 0.6) is 0 Å². The van der Waals surface area contributed by atoms with Crippen LogP contribution in [0.4, 0.5) is 0 Å². The summed E-state index contributed by atoms with van der Waals surface area (Å²) < 4.78 is 26.8. The predicted octanol–water partition coefficient (Wildman–Crippen LogP) is 0.860. The third-order valence-electron chi connectivity index (χ3n) is 2.46. The van der Waals surface area contributed by atoms with E-state index in [4.69, 9.17) is 0 Å². The average molecular weight is 260 g/mol. The van der Waals surface area contributed by atoms with Crippen molar-refractivity contribution in [2.45, 2.75) is 39.8 Å². The fourth-order valence-electron chi connectivity index (χ4n) is 1.54. The van der Waals surface area contributed by atoms with Crippen LogP contribution in [0.25, 0.3) is 0 Å². The third-order valence-corrected chi connectivity index (χ3v) is 4.46. The molecule has 0 aliphatic heterocycles. The summed E-state index contributed by atoms with van der Waals surface area (Å²) in [7, 11) is -1.59. The molecule has 0 spiro atoms. The van der Waals surface area contributed by atoms with Crippen LogP contribution in [0.3, 0.4) is 0 Å². The molecular weight excluding hydrogens is 240 g/mol. The minimum atomic E-state index is -3.17. The second kappa shape index (κ2) is 6.11. The van der Waals surface area contributed by atoms with E-state index in [1.807, 2.05) is 11.5 Å². The van der Waals surface area contributed by atoms with Crippen molar-refractivity contribution in [3.63, 3.8) is 0 Å². The molecule has 0 aromatic carbocycles. The summed E-state index contributed by atoms with van der Waals surface area (Å²) in [6.07, 6.45) is 3.23. The van der Waals surface area contributed by atoms with E-state index in [-0.39, 0.29) is 12.3 Å². The number of hydrogen-bond donors (Lipinski definition) is 0. The van der Waals surface area contributed by atoms with Crippen molar-refractivity contribution in [3.05, 3.63) is 12.2 Å². The van der Waals surface area contributed by atoms with Gasteiger partial charge >= 0.3 is 0 Å². The van der Waals surface area contributed by atoms with Crippen molar-refractivity contribution in [3.8, 4) is 0 Å². The highest BCUT2D eigenvalue weighted by atomic mass is 32.2. The van der Waals surface area contributed by atoms with Gasteiger partial charge in [-0.05, 0) is 12.8 Å². The summed E-state index contributed by atoms with van der Waals surface area (Å²) in [4.78, 5) is 0. The number of nitrogens with zero attached hydrogens (tertiary/aromatic N) is 4. The maximum Gasteiger partial charge on any atom is 0.214 e. The maximum atomic E-state index is 11.8. The number of rotatable bonds is 7. The smallest absolute Gasteiger partial charge is 0.214 e. The minimum Gasteiger partial charge on any atom is -0.316 e. The molecule has 7 heteroatoms. The molecule has 0 saturated carbocycles. The predicted molar refractivity (Wildman–Crippen MR) is 65.9 cm³/mol. The zero-order valence-electron chi connectivity index (χ0n) is 10.6. The van der Waals surface area contributed by atoms with Crippen LogP contribution < -0.4 is 0 Å². The Morgan fingerprint density at radius 1 is 1.35 bits per heavy atom. The molecule has 0 saturated heterocycles. The molecular formula is C10H20N4O2S. The molecule has 1 rings (SSSR count). The van der Waals surface area contributed by atoms with Gasteiger partial charge in [0.2, 0.25) is 10.0 Å². The first kappa shape index (κ1) is 14.1. The molecule has 0 aliphatic carbocycles. The van der Waals surface area contributed by atoms with Gasteiger partial charge < -0.3 is 4.57 Å². The lowest BCUT2D eigenvalue weighted by atomic mass is 10.4. The van der Waals surface area contributed by atoms with E-state index in [0.717, 1.165) is 13.0 Å². The van der Waals surface area contributed by atoms with Crippen molar-refractivity contribution in [1.29, 1.82) is 0 Å². The molecule has 0 bridgehead atoms. The normalized spacial score (nSPS) is 12.2. The monoisotopic (exact) mass is 260 g/mol. The minimum absolute atomic E-state index is 0.172. The van der Waals surface area contributed by atoms with Crippen LogP contribution in [-0.4, -0.2) is 40.3 Å². The Morgan fingerprint density at radius 2 is 2.06 bits per heavy atom. The van der Waals surface area contributed by atoms with E-state index in [9.17, 15) is 8.42 Å². The molecule has 0 atom stereocenters. The van der Waals surface area contributed by atoms with E-state index >= 15 is 0 Å². The number of sulfonamides is 1. The zero-order chi connectivity index (χ0) is 12.9. The standard InChI is InChI=1S/C10H20N4O2S/c1-4-6-14-9-11-12-10(14)8-13(3)17(15,16)7-5-2/h9H,4-8H2,1-3H3. The van der Waals surface area contributed by atoms with Gasteiger partial charge in [-0.3, -0.25) is 0 Å². The number of aromatic nitrogens is 3.